The predicted molar refractivity (Wildman–Crippen MR) is 122 cm³/mol. The second kappa shape index (κ2) is 7.44. The molecule has 5 nitrogen and oxygen atoms in total. The molecule has 4 saturated carbocycles. The SMILES string of the molecule is O=C(Nc1cccnc1)c1c(NC(=O)C23CC4CC(CC(C4)C2)C3)sc2c1CCCC2. The summed E-state index contributed by atoms with van der Waals surface area (Å²) < 4.78 is 0. The average Bonchev–Trinajstić information content (AvgIpc) is 3.11. The second-order valence-corrected chi connectivity index (χ2v) is 11.4. The van der Waals surface area contributed by atoms with Gasteiger partial charge in [0.1, 0.15) is 5.00 Å². The van der Waals surface area contributed by atoms with Crippen LogP contribution in [-0.2, 0) is 17.6 Å². The van der Waals surface area contributed by atoms with E-state index in [9.17, 15) is 9.59 Å². The van der Waals surface area contributed by atoms with Crippen molar-refractivity contribution in [3.63, 3.8) is 0 Å². The summed E-state index contributed by atoms with van der Waals surface area (Å²) in [6, 6.07) is 3.66. The first-order valence-corrected chi connectivity index (χ1v) is 12.6. The Hall–Kier alpha value is -2.21. The smallest absolute Gasteiger partial charge is 0.259 e. The number of pyridine rings is 1. The Morgan fingerprint density at radius 2 is 1.71 bits per heavy atom. The first-order chi connectivity index (χ1) is 15.1. The number of amides is 2. The monoisotopic (exact) mass is 435 g/mol. The van der Waals surface area contributed by atoms with Crippen molar-refractivity contribution in [2.24, 2.45) is 23.2 Å². The Labute approximate surface area is 187 Å². The van der Waals surface area contributed by atoms with Crippen LogP contribution < -0.4 is 10.6 Å². The van der Waals surface area contributed by atoms with Crippen molar-refractivity contribution in [1.29, 1.82) is 0 Å². The number of rotatable bonds is 4. The van der Waals surface area contributed by atoms with E-state index in [1.807, 2.05) is 12.1 Å². The molecule has 0 aromatic carbocycles. The summed E-state index contributed by atoms with van der Waals surface area (Å²) in [5.74, 6) is 2.21. The minimum absolute atomic E-state index is 0.131. The van der Waals surface area contributed by atoms with Gasteiger partial charge in [-0.15, -0.1) is 11.3 Å². The lowest BCUT2D eigenvalue weighted by Crippen LogP contribution is -2.51. The highest BCUT2D eigenvalue weighted by atomic mass is 32.1. The minimum atomic E-state index is -0.212. The van der Waals surface area contributed by atoms with Crippen LogP contribution in [0.15, 0.2) is 24.5 Å². The molecular weight excluding hydrogens is 406 g/mol. The maximum atomic E-state index is 13.7. The summed E-state index contributed by atoms with van der Waals surface area (Å²) in [5.41, 5.74) is 2.29. The minimum Gasteiger partial charge on any atom is -0.320 e. The molecule has 0 saturated heterocycles. The Kier molecular flexibility index (Phi) is 4.67. The third-order valence-corrected chi connectivity index (χ3v) is 9.27. The van der Waals surface area contributed by atoms with Gasteiger partial charge < -0.3 is 10.6 Å². The molecule has 0 aliphatic heterocycles. The number of nitrogens with zero attached hydrogens (tertiary/aromatic N) is 1. The third-order valence-electron chi connectivity index (χ3n) is 8.06. The van der Waals surface area contributed by atoms with E-state index in [2.05, 4.69) is 15.6 Å². The first kappa shape index (κ1) is 19.5. The normalized spacial score (nSPS) is 30.6. The van der Waals surface area contributed by atoms with Crippen molar-refractivity contribution in [2.75, 3.05) is 10.6 Å². The Morgan fingerprint density at radius 1 is 1.00 bits per heavy atom. The number of fused-ring (bicyclic) bond motifs is 1. The number of anilines is 2. The second-order valence-electron chi connectivity index (χ2n) is 10.3. The van der Waals surface area contributed by atoms with Gasteiger partial charge in [0.25, 0.3) is 5.91 Å². The number of hydrogen-bond donors (Lipinski definition) is 2. The maximum absolute atomic E-state index is 13.7. The van der Waals surface area contributed by atoms with Crippen LogP contribution in [0.2, 0.25) is 0 Å². The summed E-state index contributed by atoms with van der Waals surface area (Å²) in [6.45, 7) is 0. The van der Waals surface area contributed by atoms with E-state index in [-0.39, 0.29) is 17.2 Å². The summed E-state index contributed by atoms with van der Waals surface area (Å²) in [4.78, 5) is 32.3. The number of nitrogens with one attached hydrogen (secondary N) is 2. The van der Waals surface area contributed by atoms with Crippen molar-refractivity contribution in [2.45, 2.75) is 64.2 Å². The van der Waals surface area contributed by atoms with Crippen LogP contribution in [0.3, 0.4) is 0 Å². The van der Waals surface area contributed by atoms with Crippen molar-refractivity contribution >= 4 is 33.8 Å². The zero-order valence-corrected chi connectivity index (χ0v) is 18.6. The number of carbonyl (C=O) groups excluding carboxylic acids is 2. The van der Waals surface area contributed by atoms with E-state index in [1.165, 1.54) is 24.1 Å². The van der Waals surface area contributed by atoms with Crippen LogP contribution in [0.25, 0.3) is 0 Å². The molecule has 7 rings (SSSR count). The van der Waals surface area contributed by atoms with Gasteiger partial charge in [-0.3, -0.25) is 14.6 Å². The van der Waals surface area contributed by atoms with Crippen LogP contribution in [0, 0.1) is 23.2 Å². The molecule has 5 aliphatic rings. The summed E-state index contributed by atoms with van der Waals surface area (Å²) in [6.07, 6.45) is 14.6. The molecule has 2 amide bonds. The van der Waals surface area contributed by atoms with E-state index in [4.69, 9.17) is 0 Å². The molecule has 2 N–H and O–H groups in total. The topological polar surface area (TPSA) is 71.1 Å². The van der Waals surface area contributed by atoms with Gasteiger partial charge in [0, 0.05) is 11.1 Å². The van der Waals surface area contributed by atoms with Gasteiger partial charge in [0.05, 0.1) is 22.9 Å². The van der Waals surface area contributed by atoms with Crippen LogP contribution in [0.5, 0.6) is 0 Å². The molecule has 6 heteroatoms. The van der Waals surface area contributed by atoms with Gasteiger partial charge in [0.15, 0.2) is 0 Å². The van der Waals surface area contributed by atoms with Crippen molar-refractivity contribution in [3.05, 3.63) is 40.5 Å². The molecule has 4 bridgehead atoms. The lowest BCUT2D eigenvalue weighted by molar-refractivity contribution is -0.140. The summed E-state index contributed by atoms with van der Waals surface area (Å²) in [5, 5.41) is 7.05. The van der Waals surface area contributed by atoms with Crippen LogP contribution >= 0.6 is 11.3 Å². The van der Waals surface area contributed by atoms with E-state index in [0.29, 0.717) is 11.3 Å². The van der Waals surface area contributed by atoms with Crippen LogP contribution in [0.4, 0.5) is 10.7 Å². The Balaban J connectivity index is 1.30. The van der Waals surface area contributed by atoms with Gasteiger partial charge in [-0.05, 0) is 99.7 Å². The molecule has 0 radical (unpaired) electrons. The van der Waals surface area contributed by atoms with Gasteiger partial charge >= 0.3 is 0 Å². The van der Waals surface area contributed by atoms with E-state index >= 15 is 0 Å². The lowest BCUT2D eigenvalue weighted by atomic mass is 9.49. The number of hydrogen-bond acceptors (Lipinski definition) is 4. The highest BCUT2D eigenvalue weighted by Gasteiger charge is 2.54. The van der Waals surface area contributed by atoms with Gasteiger partial charge in [-0.2, -0.15) is 0 Å². The number of carbonyl (C=O) groups is 2. The van der Waals surface area contributed by atoms with Crippen LogP contribution in [0.1, 0.15) is 72.2 Å². The van der Waals surface area contributed by atoms with Crippen molar-refractivity contribution < 1.29 is 9.59 Å². The molecule has 31 heavy (non-hydrogen) atoms. The maximum Gasteiger partial charge on any atom is 0.259 e. The van der Waals surface area contributed by atoms with Gasteiger partial charge in [-0.25, -0.2) is 0 Å². The number of aryl methyl sites for hydroxylation is 1. The third kappa shape index (κ3) is 3.39. The molecule has 4 fully saturated rings. The Morgan fingerprint density at radius 3 is 2.39 bits per heavy atom. The van der Waals surface area contributed by atoms with E-state index in [1.54, 1.807) is 23.7 Å². The highest BCUT2D eigenvalue weighted by Crippen LogP contribution is 2.60. The molecule has 2 aromatic rings. The summed E-state index contributed by atoms with van der Waals surface area (Å²) in [7, 11) is 0. The van der Waals surface area contributed by atoms with E-state index < -0.39 is 0 Å². The molecular formula is C25H29N3O2S. The highest BCUT2D eigenvalue weighted by molar-refractivity contribution is 7.17. The average molecular weight is 436 g/mol. The molecule has 5 aliphatic carbocycles. The lowest BCUT2D eigenvalue weighted by Gasteiger charge is -2.55. The number of thiophene rings is 1. The Bertz CT molecular complexity index is 994. The van der Waals surface area contributed by atoms with Crippen molar-refractivity contribution in [3.8, 4) is 0 Å². The predicted octanol–water partition coefficient (Wildman–Crippen LogP) is 5.43. The summed E-state index contributed by atoms with van der Waals surface area (Å²) >= 11 is 1.62. The first-order valence-electron chi connectivity index (χ1n) is 11.8. The molecule has 0 unspecified atom stereocenters. The zero-order chi connectivity index (χ0) is 21.0. The standard InChI is InChI=1S/C25H29N3O2S/c29-22(27-18-4-3-7-26-14-18)21-19-5-1-2-6-20(19)31-23(21)28-24(30)25-11-15-8-16(12-25)10-17(9-15)13-25/h3-4,7,14-17H,1-2,5-6,8-13H2,(H,27,29)(H,28,30). The largest absolute Gasteiger partial charge is 0.320 e. The zero-order valence-electron chi connectivity index (χ0n) is 17.8. The molecule has 0 spiro atoms. The molecule has 0 atom stereocenters. The van der Waals surface area contributed by atoms with E-state index in [0.717, 1.165) is 73.3 Å². The fourth-order valence-corrected chi connectivity index (χ4v) is 8.43. The van der Waals surface area contributed by atoms with Gasteiger partial charge in [0.2, 0.25) is 5.91 Å². The van der Waals surface area contributed by atoms with Gasteiger partial charge in [-0.1, -0.05) is 0 Å². The fourth-order valence-electron chi connectivity index (χ4n) is 7.15. The molecule has 2 aromatic heterocycles. The molecule has 2 heterocycles. The van der Waals surface area contributed by atoms with Crippen molar-refractivity contribution in [1.82, 2.24) is 4.98 Å². The molecule has 162 valence electrons. The number of aromatic nitrogens is 1. The van der Waals surface area contributed by atoms with Crippen LogP contribution in [-0.4, -0.2) is 16.8 Å². The fraction of sp³-hybridized carbons (Fsp3) is 0.560. The quantitative estimate of drug-likeness (QED) is 0.673.